The molecular weight excluding hydrogens is 460 g/mol. The minimum Gasteiger partial charge on any atom is -0.394 e. The molecule has 0 aliphatic carbocycles. The zero-order valence-electron chi connectivity index (χ0n) is 17.3. The molecule has 0 spiro atoms. The highest BCUT2D eigenvalue weighted by Gasteiger charge is 2.58. The van der Waals surface area contributed by atoms with Crippen molar-refractivity contribution in [3.05, 3.63) is 0 Å². The van der Waals surface area contributed by atoms with Gasteiger partial charge in [-0.25, -0.2) is 0 Å². The Hall–Kier alpha value is -0.930. The number of hydrogen-bond acceptors (Lipinski definition) is 16. The van der Waals surface area contributed by atoms with E-state index in [2.05, 4.69) is 0 Å². The van der Waals surface area contributed by atoms with Crippen LogP contribution < -0.4 is 0 Å². The number of aldehydes is 1. The van der Waals surface area contributed by atoms with Gasteiger partial charge in [-0.15, -0.1) is 0 Å². The molecule has 0 amide bonds. The summed E-state index contributed by atoms with van der Waals surface area (Å²) in [5, 5.41) is 111. The lowest BCUT2D eigenvalue weighted by molar-refractivity contribution is -0.383. The minimum atomic E-state index is -2.22. The smallest absolute Gasteiger partial charge is 0.224 e. The normalized spacial score (nSPS) is 41.6. The summed E-state index contributed by atoms with van der Waals surface area (Å²) in [6, 6.07) is 0. The van der Waals surface area contributed by atoms with Crippen molar-refractivity contribution in [1.29, 1.82) is 0 Å². The summed E-state index contributed by atoms with van der Waals surface area (Å²) in [7, 11) is 0. The Labute approximate surface area is 187 Å². The highest BCUT2D eigenvalue weighted by atomic mass is 16.8. The van der Waals surface area contributed by atoms with Crippen LogP contribution >= 0.6 is 0 Å². The van der Waals surface area contributed by atoms with Crippen LogP contribution in [0.4, 0.5) is 0 Å². The summed E-state index contributed by atoms with van der Waals surface area (Å²) in [6.45, 7) is -3.01. The molecule has 33 heavy (non-hydrogen) atoms. The van der Waals surface area contributed by atoms with E-state index in [0.717, 1.165) is 0 Å². The third-order valence-corrected chi connectivity index (χ3v) is 5.14. The van der Waals surface area contributed by atoms with Crippen LogP contribution in [-0.4, -0.2) is 167 Å². The fourth-order valence-electron chi connectivity index (χ4n) is 3.05. The lowest BCUT2D eigenvalue weighted by Gasteiger charge is -2.43. The van der Waals surface area contributed by atoms with Crippen molar-refractivity contribution in [2.75, 3.05) is 26.4 Å². The second kappa shape index (κ2) is 13.2. The van der Waals surface area contributed by atoms with E-state index in [-0.39, 0.29) is 6.29 Å². The molecule has 12 N–H and O–H groups in total. The van der Waals surface area contributed by atoms with E-state index in [0.29, 0.717) is 0 Å². The number of ether oxygens (including phenoxy) is 3. The molecule has 0 radical (unpaired) electrons. The second-order valence-electron chi connectivity index (χ2n) is 7.43. The maximum atomic E-state index is 10.00. The monoisotopic (exact) mass is 492 g/mol. The van der Waals surface area contributed by atoms with Gasteiger partial charge in [-0.05, 0) is 0 Å². The number of aliphatic hydroxyl groups excluding tert-OH is 12. The SMILES string of the molecule is O=C[C@@H](O)[C@H](O)[C@@H](O)CO.OC[C@H]1O[C@@](CO)(O[C@H]2O[C@H](CO)[C@@H](O)[C@H](O)[C@H]2O)[C@@H](O)[C@@H]1O. The lowest BCUT2D eigenvalue weighted by atomic mass is 9.99. The molecule has 2 rings (SSSR count). The van der Waals surface area contributed by atoms with Crippen molar-refractivity contribution in [3.63, 3.8) is 0 Å². The van der Waals surface area contributed by atoms with E-state index >= 15 is 0 Å². The fraction of sp³-hybridized carbons (Fsp3) is 0.941. The van der Waals surface area contributed by atoms with Crippen LogP contribution in [0.5, 0.6) is 0 Å². The first kappa shape index (κ1) is 30.1. The molecule has 16 nitrogen and oxygen atoms in total. The summed E-state index contributed by atoms with van der Waals surface area (Å²) in [4.78, 5) is 9.76. The van der Waals surface area contributed by atoms with E-state index in [1.54, 1.807) is 0 Å². The quantitative estimate of drug-likeness (QED) is 0.133. The maximum Gasteiger partial charge on any atom is 0.224 e. The van der Waals surface area contributed by atoms with Crippen LogP contribution in [0.3, 0.4) is 0 Å². The molecule has 0 bridgehead atoms. The van der Waals surface area contributed by atoms with E-state index in [1.165, 1.54) is 0 Å². The Kier molecular flexibility index (Phi) is 12.1. The summed E-state index contributed by atoms with van der Waals surface area (Å²) in [5.74, 6) is -2.22. The predicted molar refractivity (Wildman–Crippen MR) is 99.8 cm³/mol. The zero-order valence-corrected chi connectivity index (χ0v) is 17.3. The molecule has 196 valence electrons. The van der Waals surface area contributed by atoms with Gasteiger partial charge in [-0.3, -0.25) is 0 Å². The largest absolute Gasteiger partial charge is 0.394 e. The summed E-state index contributed by atoms with van der Waals surface area (Å²) >= 11 is 0. The van der Waals surface area contributed by atoms with Gasteiger partial charge in [-0.2, -0.15) is 0 Å². The molecule has 2 fully saturated rings. The van der Waals surface area contributed by atoms with Crippen molar-refractivity contribution < 1.29 is 80.3 Å². The van der Waals surface area contributed by atoms with Gasteiger partial charge in [0, 0.05) is 0 Å². The van der Waals surface area contributed by atoms with Gasteiger partial charge in [-0.1, -0.05) is 0 Å². The Balaban J connectivity index is 0.000000461. The van der Waals surface area contributed by atoms with Crippen molar-refractivity contribution in [2.24, 2.45) is 0 Å². The third kappa shape index (κ3) is 6.82. The molecule has 0 aromatic carbocycles. The highest BCUT2D eigenvalue weighted by Crippen LogP contribution is 2.35. The van der Waals surface area contributed by atoms with Gasteiger partial charge in [0.05, 0.1) is 19.8 Å². The molecule has 0 unspecified atom stereocenters. The maximum absolute atomic E-state index is 10.00. The molecule has 2 aliphatic heterocycles. The highest BCUT2D eigenvalue weighted by molar-refractivity contribution is 5.56. The topological polar surface area (TPSA) is 288 Å². The van der Waals surface area contributed by atoms with Crippen LogP contribution in [0.25, 0.3) is 0 Å². The standard InChI is InChI=1S/C12H22O11.C5H10O5/c13-1-4-6(16)8(18)9(19)11(21-4)23-12(3-15)10(20)7(17)5(2-14)22-12;6-1-3(8)5(10)4(9)2-7/h4-11,13-20H,1-3H2;1,3-5,7-10H,2H2/t4-,5-,6-,7-,8+,9-,10+,11-,12+;3-,4+,5+/m11/s1. The first-order valence-electron chi connectivity index (χ1n) is 9.78. The van der Waals surface area contributed by atoms with Gasteiger partial charge in [0.25, 0.3) is 0 Å². The number of carbonyl (C=O) groups is 1. The molecule has 2 heterocycles. The Bertz CT molecular complexity index is 579. The number of rotatable bonds is 9. The van der Waals surface area contributed by atoms with Gasteiger partial charge in [0.2, 0.25) is 5.79 Å². The Morgan fingerprint density at radius 3 is 1.85 bits per heavy atom. The zero-order chi connectivity index (χ0) is 25.5. The molecule has 0 saturated carbocycles. The Morgan fingerprint density at radius 2 is 1.42 bits per heavy atom. The summed E-state index contributed by atoms with van der Waals surface area (Å²) in [5.41, 5.74) is 0. The van der Waals surface area contributed by atoms with Crippen molar-refractivity contribution >= 4 is 6.29 Å². The lowest BCUT2D eigenvalue weighted by Crippen LogP contribution is -2.62. The van der Waals surface area contributed by atoms with E-state index < -0.39 is 99.5 Å². The minimum absolute atomic E-state index is 0.0869. The van der Waals surface area contributed by atoms with Crippen LogP contribution in [-0.2, 0) is 19.0 Å². The summed E-state index contributed by atoms with van der Waals surface area (Å²) in [6.07, 6.45) is -17.3. The van der Waals surface area contributed by atoms with Crippen molar-refractivity contribution in [2.45, 2.75) is 73.1 Å². The summed E-state index contributed by atoms with van der Waals surface area (Å²) < 4.78 is 15.4. The van der Waals surface area contributed by atoms with Gasteiger partial charge < -0.3 is 80.3 Å². The molecule has 0 aromatic rings. The van der Waals surface area contributed by atoms with Crippen molar-refractivity contribution in [1.82, 2.24) is 0 Å². The fourth-order valence-corrected chi connectivity index (χ4v) is 3.05. The first-order chi connectivity index (χ1) is 15.4. The second-order valence-corrected chi connectivity index (χ2v) is 7.43. The number of carbonyl (C=O) groups excluding carboxylic acids is 1. The van der Waals surface area contributed by atoms with Crippen LogP contribution in [0.1, 0.15) is 0 Å². The average molecular weight is 492 g/mol. The van der Waals surface area contributed by atoms with Gasteiger partial charge in [0.1, 0.15) is 67.6 Å². The van der Waals surface area contributed by atoms with E-state index in [4.69, 9.17) is 44.8 Å². The van der Waals surface area contributed by atoms with Crippen LogP contribution in [0, 0.1) is 0 Å². The molecule has 2 aliphatic rings. The first-order valence-corrected chi connectivity index (χ1v) is 9.78. The molecule has 0 aromatic heterocycles. The molecular formula is C17H32O16. The predicted octanol–water partition coefficient (Wildman–Crippen LogP) is -8.14. The average Bonchev–Trinajstić information content (AvgIpc) is 3.08. The number of aliphatic hydroxyl groups is 12. The molecule has 16 heteroatoms. The van der Waals surface area contributed by atoms with Crippen molar-refractivity contribution in [3.8, 4) is 0 Å². The molecule has 12 atom stereocenters. The van der Waals surface area contributed by atoms with Crippen LogP contribution in [0.15, 0.2) is 0 Å². The molecule has 2 saturated heterocycles. The number of hydrogen-bond donors (Lipinski definition) is 12. The van der Waals surface area contributed by atoms with Gasteiger partial charge in [0.15, 0.2) is 12.6 Å². The third-order valence-electron chi connectivity index (χ3n) is 5.14. The van der Waals surface area contributed by atoms with E-state index in [1.807, 2.05) is 0 Å². The van der Waals surface area contributed by atoms with E-state index in [9.17, 15) is 35.4 Å². The van der Waals surface area contributed by atoms with Gasteiger partial charge >= 0.3 is 0 Å². The van der Waals surface area contributed by atoms with Crippen LogP contribution in [0.2, 0.25) is 0 Å². The Morgan fingerprint density at radius 1 is 0.848 bits per heavy atom.